The fraction of sp³-hybridized carbons (Fsp3) is 0.600. The highest BCUT2D eigenvalue weighted by atomic mass is 16.3. The minimum absolute atomic E-state index is 0.0420. The number of aliphatic hydroxyl groups excluding tert-OH is 1. The summed E-state index contributed by atoms with van der Waals surface area (Å²) in [5, 5.41) is 9.59. The van der Waals surface area contributed by atoms with E-state index in [0.29, 0.717) is 37.6 Å². The number of hydrogen-bond acceptors (Lipinski definition) is 6. The van der Waals surface area contributed by atoms with Crippen molar-refractivity contribution < 1.29 is 9.90 Å². The van der Waals surface area contributed by atoms with E-state index in [1.807, 2.05) is 6.07 Å². The number of likely N-dealkylation sites (tertiary alicyclic amines) is 1. The molecule has 120 valence electrons. The predicted octanol–water partition coefficient (Wildman–Crippen LogP) is 0.0556. The number of piperidine rings is 1. The van der Waals surface area contributed by atoms with Crippen molar-refractivity contribution in [2.75, 3.05) is 42.5 Å². The highest BCUT2D eigenvalue weighted by Gasteiger charge is 2.33. The van der Waals surface area contributed by atoms with Crippen molar-refractivity contribution in [3.63, 3.8) is 0 Å². The Balaban J connectivity index is 1.68. The number of aliphatic hydroxyl groups is 1. The summed E-state index contributed by atoms with van der Waals surface area (Å²) >= 11 is 0. The molecule has 2 saturated heterocycles. The van der Waals surface area contributed by atoms with Crippen LogP contribution in [0.4, 0.5) is 17.3 Å². The summed E-state index contributed by atoms with van der Waals surface area (Å²) in [4.78, 5) is 20.8. The quantitative estimate of drug-likeness (QED) is 0.713. The number of carbonyl (C=O) groups is 1. The van der Waals surface area contributed by atoms with Crippen molar-refractivity contribution in [1.82, 2.24) is 9.88 Å². The molecule has 5 N–H and O–H groups in total. The molecule has 0 bridgehead atoms. The molecule has 2 aliphatic rings. The topological polar surface area (TPSA) is 109 Å². The highest BCUT2D eigenvalue weighted by Crippen LogP contribution is 2.26. The minimum Gasteiger partial charge on any atom is -0.396 e. The number of aromatic nitrogens is 1. The number of nitrogens with zero attached hydrogens (tertiary/aromatic N) is 3. The second-order valence-corrected chi connectivity index (χ2v) is 6.16. The van der Waals surface area contributed by atoms with Gasteiger partial charge in [-0.2, -0.15) is 0 Å². The molecule has 2 fully saturated rings. The van der Waals surface area contributed by atoms with Crippen molar-refractivity contribution >= 4 is 23.2 Å². The lowest BCUT2D eigenvalue weighted by molar-refractivity contribution is -0.135. The number of hydrogen-bond donors (Lipinski definition) is 3. The van der Waals surface area contributed by atoms with Crippen LogP contribution in [0.1, 0.15) is 19.3 Å². The van der Waals surface area contributed by atoms with Crippen LogP contribution in [-0.2, 0) is 4.79 Å². The van der Waals surface area contributed by atoms with E-state index in [2.05, 4.69) is 9.88 Å². The lowest BCUT2D eigenvalue weighted by atomic mass is 9.96. The lowest BCUT2D eigenvalue weighted by Crippen LogP contribution is -2.44. The van der Waals surface area contributed by atoms with Crippen molar-refractivity contribution in [3.8, 4) is 0 Å². The third-order valence-electron chi connectivity index (χ3n) is 4.51. The first kappa shape index (κ1) is 14.9. The Morgan fingerprint density at radius 3 is 2.73 bits per heavy atom. The highest BCUT2D eigenvalue weighted by molar-refractivity contribution is 5.80. The molecule has 1 amide bonds. The number of nitrogens with two attached hydrogens (primary N) is 2. The maximum Gasteiger partial charge on any atom is 0.227 e. The predicted molar refractivity (Wildman–Crippen MR) is 85.2 cm³/mol. The molecule has 3 heterocycles. The third kappa shape index (κ3) is 2.94. The maximum absolute atomic E-state index is 12.6. The van der Waals surface area contributed by atoms with Gasteiger partial charge in [0.15, 0.2) is 0 Å². The molecule has 7 heteroatoms. The van der Waals surface area contributed by atoms with Gasteiger partial charge in [0, 0.05) is 26.2 Å². The first-order chi connectivity index (χ1) is 10.5. The van der Waals surface area contributed by atoms with Crippen molar-refractivity contribution in [2.45, 2.75) is 25.4 Å². The van der Waals surface area contributed by atoms with Crippen LogP contribution in [-0.4, -0.2) is 53.2 Å². The molecule has 2 aliphatic heterocycles. The summed E-state index contributed by atoms with van der Waals surface area (Å²) in [6.45, 7) is 2.62. The van der Waals surface area contributed by atoms with E-state index < -0.39 is 0 Å². The number of β-amino-alcohol motifs (C(OH)–C–C–N with tert-alkyl or cyclic N) is 1. The molecule has 7 nitrogen and oxygen atoms in total. The largest absolute Gasteiger partial charge is 0.396 e. The van der Waals surface area contributed by atoms with Crippen molar-refractivity contribution in [2.24, 2.45) is 5.92 Å². The standard InChI is InChI=1S/C15H23N5O2/c16-12-3-4-13(18-14(12)17)19-6-1-2-10(8-19)15(22)20-7-5-11(21)9-20/h3-4,10-11,21H,1-2,5-9,16H2,(H2,17,18)/t10-,11+/m1/s1. The van der Waals surface area contributed by atoms with Gasteiger partial charge in [-0.25, -0.2) is 4.98 Å². The molecule has 1 aromatic heterocycles. The van der Waals surface area contributed by atoms with Crippen LogP contribution in [0, 0.1) is 5.92 Å². The van der Waals surface area contributed by atoms with Crippen LogP contribution in [0.15, 0.2) is 12.1 Å². The molecule has 1 aromatic rings. The summed E-state index contributed by atoms with van der Waals surface area (Å²) in [6.07, 6.45) is 2.13. The van der Waals surface area contributed by atoms with Gasteiger partial charge in [0.05, 0.1) is 17.7 Å². The lowest BCUT2D eigenvalue weighted by Gasteiger charge is -2.34. The summed E-state index contributed by atoms with van der Waals surface area (Å²) in [5.41, 5.74) is 11.9. The van der Waals surface area contributed by atoms with E-state index in [-0.39, 0.29) is 17.9 Å². The summed E-state index contributed by atoms with van der Waals surface area (Å²) in [7, 11) is 0. The fourth-order valence-electron chi connectivity index (χ4n) is 3.24. The zero-order chi connectivity index (χ0) is 15.7. The van der Waals surface area contributed by atoms with E-state index in [0.717, 1.165) is 25.2 Å². The molecule has 0 saturated carbocycles. The van der Waals surface area contributed by atoms with Gasteiger partial charge < -0.3 is 26.4 Å². The molecule has 2 atom stereocenters. The van der Waals surface area contributed by atoms with E-state index in [1.165, 1.54) is 0 Å². The zero-order valence-electron chi connectivity index (χ0n) is 12.6. The normalized spacial score (nSPS) is 25.5. The smallest absolute Gasteiger partial charge is 0.227 e. The van der Waals surface area contributed by atoms with Gasteiger partial charge >= 0.3 is 0 Å². The SMILES string of the molecule is Nc1ccc(N2CCC[C@@H](C(=O)N3CC[C@H](O)C3)C2)nc1N. The van der Waals surface area contributed by atoms with Gasteiger partial charge in [0.25, 0.3) is 0 Å². The Bertz CT molecular complexity index is 565. The maximum atomic E-state index is 12.6. The fourth-order valence-corrected chi connectivity index (χ4v) is 3.24. The molecule has 0 unspecified atom stereocenters. The number of pyridine rings is 1. The molecule has 0 radical (unpaired) electrons. The second-order valence-electron chi connectivity index (χ2n) is 6.16. The molecular formula is C15H23N5O2. The van der Waals surface area contributed by atoms with Gasteiger partial charge in [-0.1, -0.05) is 0 Å². The molecule has 0 aliphatic carbocycles. The third-order valence-corrected chi connectivity index (χ3v) is 4.51. The number of nitrogen functional groups attached to an aromatic ring is 2. The first-order valence-electron chi connectivity index (χ1n) is 7.78. The van der Waals surface area contributed by atoms with Crippen LogP contribution < -0.4 is 16.4 Å². The van der Waals surface area contributed by atoms with Crippen LogP contribution in [0.3, 0.4) is 0 Å². The summed E-state index contributed by atoms with van der Waals surface area (Å²) in [6, 6.07) is 3.60. The van der Waals surface area contributed by atoms with Gasteiger partial charge in [0.1, 0.15) is 11.6 Å². The van der Waals surface area contributed by atoms with Gasteiger partial charge in [-0.15, -0.1) is 0 Å². The summed E-state index contributed by atoms with van der Waals surface area (Å²) < 4.78 is 0. The molecule has 22 heavy (non-hydrogen) atoms. The van der Waals surface area contributed by atoms with Crippen LogP contribution in [0.25, 0.3) is 0 Å². The van der Waals surface area contributed by atoms with E-state index in [9.17, 15) is 9.90 Å². The Hall–Kier alpha value is -2.02. The number of amides is 1. The summed E-state index contributed by atoms with van der Waals surface area (Å²) in [5.74, 6) is 1.20. The van der Waals surface area contributed by atoms with E-state index in [1.54, 1.807) is 11.0 Å². The van der Waals surface area contributed by atoms with Crippen molar-refractivity contribution in [3.05, 3.63) is 12.1 Å². The van der Waals surface area contributed by atoms with Crippen LogP contribution >= 0.6 is 0 Å². The number of rotatable bonds is 2. The first-order valence-corrected chi connectivity index (χ1v) is 7.78. The number of anilines is 3. The van der Waals surface area contributed by atoms with Gasteiger partial charge in [-0.05, 0) is 31.4 Å². The molecule has 0 spiro atoms. The average molecular weight is 305 g/mol. The molecule has 0 aromatic carbocycles. The number of carbonyl (C=O) groups excluding carboxylic acids is 1. The second kappa shape index (κ2) is 6.00. The van der Waals surface area contributed by atoms with Gasteiger partial charge in [-0.3, -0.25) is 4.79 Å². The van der Waals surface area contributed by atoms with Crippen molar-refractivity contribution in [1.29, 1.82) is 0 Å². The minimum atomic E-state index is -0.373. The Labute approximate surface area is 129 Å². The monoisotopic (exact) mass is 305 g/mol. The Morgan fingerprint density at radius 2 is 2.05 bits per heavy atom. The Kier molecular flexibility index (Phi) is 4.06. The zero-order valence-corrected chi connectivity index (χ0v) is 12.6. The average Bonchev–Trinajstić information content (AvgIpc) is 2.96. The van der Waals surface area contributed by atoms with Gasteiger partial charge in [0.2, 0.25) is 5.91 Å². The molecular weight excluding hydrogens is 282 g/mol. The Morgan fingerprint density at radius 1 is 1.23 bits per heavy atom. The van der Waals surface area contributed by atoms with Crippen LogP contribution in [0.5, 0.6) is 0 Å². The van der Waals surface area contributed by atoms with E-state index >= 15 is 0 Å². The van der Waals surface area contributed by atoms with Crippen LogP contribution in [0.2, 0.25) is 0 Å². The molecule has 3 rings (SSSR count). The van der Waals surface area contributed by atoms with E-state index in [4.69, 9.17) is 11.5 Å².